The third kappa shape index (κ3) is 3.98. The fraction of sp³-hybridized carbons (Fsp3) is 0.562. The van der Waals surface area contributed by atoms with Crippen LogP contribution in [0.4, 0.5) is 31.5 Å². The Morgan fingerprint density at radius 2 is 1.72 bits per heavy atom. The lowest BCUT2D eigenvalue weighted by Gasteiger charge is -2.25. The first-order valence-corrected chi connectivity index (χ1v) is 8.68. The average molecular weight is 421 g/mol. The maximum Gasteiger partial charge on any atom is 0.459 e. The Morgan fingerprint density at radius 1 is 1.14 bits per heavy atom. The van der Waals surface area contributed by atoms with Crippen LogP contribution in [0, 0.1) is 5.41 Å². The van der Waals surface area contributed by atoms with Crippen LogP contribution in [0.3, 0.4) is 0 Å². The molecule has 0 unspecified atom stereocenters. The number of likely N-dealkylation sites (tertiary alicyclic amines) is 1. The van der Waals surface area contributed by atoms with E-state index < -0.39 is 47.4 Å². The van der Waals surface area contributed by atoms with Crippen LogP contribution in [0.2, 0.25) is 0 Å². The Kier molecular flexibility index (Phi) is 5.17. The minimum atomic E-state index is -5.94. The minimum Gasteiger partial charge on any atom is -0.464 e. The van der Waals surface area contributed by atoms with Crippen molar-refractivity contribution >= 4 is 18.0 Å². The average Bonchev–Trinajstić information content (AvgIpc) is 3.34. The smallest absolute Gasteiger partial charge is 0.459 e. The van der Waals surface area contributed by atoms with Gasteiger partial charge in [0.25, 0.3) is 0 Å². The zero-order valence-corrected chi connectivity index (χ0v) is 14.8. The Morgan fingerprint density at radius 3 is 2.21 bits per heavy atom. The number of hydrogen-bond acceptors (Lipinski definition) is 5. The Hall–Kier alpha value is -2.86. The van der Waals surface area contributed by atoms with Crippen LogP contribution in [-0.4, -0.2) is 62.1 Å². The molecule has 1 saturated carbocycles. The largest absolute Gasteiger partial charge is 0.464 e. The summed E-state index contributed by atoms with van der Waals surface area (Å²) in [6, 6.07) is -0.884. The van der Waals surface area contributed by atoms with Gasteiger partial charge in [0.1, 0.15) is 17.2 Å². The van der Waals surface area contributed by atoms with Crippen molar-refractivity contribution < 1.29 is 36.6 Å². The normalized spacial score (nSPS) is 17.3. The van der Waals surface area contributed by atoms with Gasteiger partial charge in [-0.05, 0) is 31.7 Å². The fourth-order valence-corrected chi connectivity index (χ4v) is 2.85. The third-order valence-electron chi connectivity index (χ3n) is 4.59. The van der Waals surface area contributed by atoms with Crippen molar-refractivity contribution in [2.45, 2.75) is 43.7 Å². The fourth-order valence-electron chi connectivity index (χ4n) is 2.85. The number of aromatic nitrogens is 2. The van der Waals surface area contributed by atoms with Gasteiger partial charge in [-0.1, -0.05) is 0 Å². The van der Waals surface area contributed by atoms with Crippen LogP contribution in [-0.2, 0) is 5.92 Å². The van der Waals surface area contributed by atoms with Gasteiger partial charge in [0.05, 0.1) is 0 Å². The molecule has 2 aliphatic rings. The monoisotopic (exact) mass is 421 g/mol. The van der Waals surface area contributed by atoms with Gasteiger partial charge in [-0.3, -0.25) is 5.41 Å². The molecule has 2 heterocycles. The number of urea groups is 1. The van der Waals surface area contributed by atoms with Crippen molar-refractivity contribution in [2.24, 2.45) is 0 Å². The van der Waals surface area contributed by atoms with Gasteiger partial charge < -0.3 is 10.0 Å². The summed E-state index contributed by atoms with van der Waals surface area (Å²) in [6.45, 7) is 0.481. The van der Waals surface area contributed by atoms with Gasteiger partial charge in [-0.15, -0.1) is 0 Å². The second kappa shape index (κ2) is 7.19. The van der Waals surface area contributed by atoms with E-state index in [9.17, 15) is 36.6 Å². The molecule has 1 aliphatic carbocycles. The number of amidine groups is 1. The highest BCUT2D eigenvalue weighted by Crippen LogP contribution is 2.45. The summed E-state index contributed by atoms with van der Waals surface area (Å²) in [5.74, 6) is -7.25. The number of nitrogens with one attached hydrogen (secondary N) is 1. The molecule has 0 spiro atoms. The first kappa shape index (κ1) is 20.9. The number of hydrogen-bond donors (Lipinski definition) is 2. The molecule has 0 bridgehead atoms. The van der Waals surface area contributed by atoms with E-state index in [0.717, 1.165) is 4.90 Å². The van der Waals surface area contributed by atoms with Crippen molar-refractivity contribution in [1.29, 1.82) is 5.41 Å². The van der Waals surface area contributed by atoms with Crippen molar-refractivity contribution in [2.75, 3.05) is 13.1 Å². The van der Waals surface area contributed by atoms with Crippen LogP contribution < -0.4 is 0 Å². The van der Waals surface area contributed by atoms with E-state index in [0.29, 0.717) is 25.7 Å². The molecule has 0 atom stereocenters. The van der Waals surface area contributed by atoms with Crippen molar-refractivity contribution in [3.8, 4) is 0 Å². The number of carbonyl (C=O) groups excluding carboxylic acids is 1. The van der Waals surface area contributed by atoms with E-state index in [2.05, 4.69) is 9.97 Å². The third-order valence-corrected chi connectivity index (χ3v) is 4.59. The first-order chi connectivity index (χ1) is 13.4. The second-order valence-corrected chi connectivity index (χ2v) is 6.79. The van der Waals surface area contributed by atoms with Crippen LogP contribution in [0.25, 0.3) is 0 Å². The molecule has 3 amide bonds. The number of amides is 3. The number of carboxylic acid groups (broad SMARTS) is 1. The van der Waals surface area contributed by atoms with Crippen LogP contribution in [0.15, 0.2) is 6.07 Å². The van der Waals surface area contributed by atoms with Crippen LogP contribution in [0.1, 0.15) is 48.8 Å². The minimum absolute atomic E-state index is 0.0140. The molecular weight excluding hydrogens is 405 g/mol. The van der Waals surface area contributed by atoms with E-state index in [1.54, 1.807) is 0 Å². The molecule has 0 aromatic carbocycles. The predicted molar refractivity (Wildman–Crippen MR) is 86.9 cm³/mol. The number of imide groups is 1. The van der Waals surface area contributed by atoms with E-state index in [1.165, 1.54) is 0 Å². The molecule has 1 aromatic rings. The molecule has 8 nitrogen and oxygen atoms in total. The Balaban J connectivity index is 2.02. The summed E-state index contributed by atoms with van der Waals surface area (Å²) in [6.07, 6.45) is -5.66. The number of nitrogens with zero attached hydrogens (tertiary/aromatic N) is 4. The molecule has 158 valence electrons. The van der Waals surface area contributed by atoms with Gasteiger partial charge in [-0.2, -0.15) is 26.9 Å². The second-order valence-electron chi connectivity index (χ2n) is 6.79. The quantitative estimate of drug-likeness (QED) is 0.441. The lowest BCUT2D eigenvalue weighted by Crippen LogP contribution is -2.48. The standard InChI is InChI=1S/C16H16F5N5O3/c17-15(18,16(19,20)21)10-7-9(23-12(24-10)8-3-4-8)11(22)26(14(28)29)13(27)25-5-1-2-6-25/h7-8,22H,1-6H2,(H,28,29). The molecule has 1 saturated heterocycles. The van der Waals surface area contributed by atoms with Crippen molar-refractivity contribution in [1.82, 2.24) is 19.8 Å². The number of alkyl halides is 5. The van der Waals surface area contributed by atoms with Crippen molar-refractivity contribution in [3.05, 3.63) is 23.3 Å². The topological polar surface area (TPSA) is 110 Å². The lowest BCUT2D eigenvalue weighted by atomic mass is 10.1. The summed E-state index contributed by atoms with van der Waals surface area (Å²) in [7, 11) is 0. The summed E-state index contributed by atoms with van der Waals surface area (Å²) in [5, 5.41) is 17.4. The molecule has 2 fully saturated rings. The number of rotatable bonds is 3. The van der Waals surface area contributed by atoms with Crippen molar-refractivity contribution in [3.63, 3.8) is 0 Å². The summed E-state index contributed by atoms with van der Waals surface area (Å²) >= 11 is 0. The molecule has 2 N–H and O–H groups in total. The Labute approximate surface area is 160 Å². The molecule has 1 aromatic heterocycles. The highest BCUT2D eigenvalue weighted by Gasteiger charge is 2.60. The van der Waals surface area contributed by atoms with Crippen LogP contribution >= 0.6 is 0 Å². The highest BCUT2D eigenvalue weighted by atomic mass is 19.4. The predicted octanol–water partition coefficient (Wildman–Crippen LogP) is 3.53. The van der Waals surface area contributed by atoms with Gasteiger partial charge >= 0.3 is 24.2 Å². The Bertz CT molecular complexity index is 850. The number of halogens is 5. The summed E-state index contributed by atoms with van der Waals surface area (Å²) < 4.78 is 66.1. The highest BCUT2D eigenvalue weighted by molar-refractivity contribution is 6.14. The number of carbonyl (C=O) groups is 2. The molecule has 13 heteroatoms. The van der Waals surface area contributed by atoms with E-state index >= 15 is 0 Å². The first-order valence-electron chi connectivity index (χ1n) is 8.68. The van der Waals surface area contributed by atoms with Crippen LogP contribution in [0.5, 0.6) is 0 Å². The maximum absolute atomic E-state index is 13.8. The zero-order valence-electron chi connectivity index (χ0n) is 14.8. The summed E-state index contributed by atoms with van der Waals surface area (Å²) in [5.41, 5.74) is -2.49. The summed E-state index contributed by atoms with van der Waals surface area (Å²) in [4.78, 5) is 32.2. The lowest BCUT2D eigenvalue weighted by molar-refractivity contribution is -0.291. The van der Waals surface area contributed by atoms with Gasteiger partial charge in [-0.25, -0.2) is 19.6 Å². The molecule has 1 aliphatic heterocycles. The van der Waals surface area contributed by atoms with Gasteiger partial charge in [0.15, 0.2) is 5.84 Å². The molecular formula is C16H16F5N5O3. The molecule has 0 radical (unpaired) electrons. The van der Waals surface area contributed by atoms with E-state index in [-0.39, 0.29) is 29.9 Å². The van der Waals surface area contributed by atoms with Gasteiger partial charge in [0, 0.05) is 19.0 Å². The zero-order chi connectivity index (χ0) is 21.6. The maximum atomic E-state index is 13.8. The SMILES string of the molecule is N=C(c1cc(C(F)(F)C(F)(F)F)nc(C2CC2)n1)N(C(=O)O)C(=O)N1CCCC1. The van der Waals surface area contributed by atoms with E-state index in [4.69, 9.17) is 5.41 Å². The molecule has 3 rings (SSSR count). The molecule has 29 heavy (non-hydrogen) atoms. The van der Waals surface area contributed by atoms with E-state index in [1.807, 2.05) is 0 Å². The van der Waals surface area contributed by atoms with Gasteiger partial charge in [0.2, 0.25) is 0 Å².